The van der Waals surface area contributed by atoms with Crippen LogP contribution in [-0.2, 0) is 6.42 Å². The summed E-state index contributed by atoms with van der Waals surface area (Å²) in [5, 5.41) is 10.2. The maximum atomic E-state index is 11.7. The molecule has 0 spiro atoms. The van der Waals surface area contributed by atoms with Crippen molar-refractivity contribution < 1.29 is 14.6 Å². The topological polar surface area (TPSA) is 46.5 Å². The first-order valence-electron chi connectivity index (χ1n) is 6.91. The average Bonchev–Trinajstić information content (AvgIpc) is 2.36. The van der Waals surface area contributed by atoms with Gasteiger partial charge in [-0.15, -0.1) is 0 Å². The van der Waals surface area contributed by atoms with Crippen LogP contribution in [-0.4, -0.2) is 23.1 Å². The van der Waals surface area contributed by atoms with Gasteiger partial charge in [0, 0.05) is 12.0 Å². The number of aliphatic hydroxyl groups is 1. The highest BCUT2D eigenvalue weighted by Gasteiger charge is 2.26. The van der Waals surface area contributed by atoms with Crippen molar-refractivity contribution in [1.82, 2.24) is 0 Å². The van der Waals surface area contributed by atoms with Crippen LogP contribution in [0.2, 0.25) is 0 Å². The van der Waals surface area contributed by atoms with E-state index in [0.29, 0.717) is 6.42 Å². The van der Waals surface area contributed by atoms with Crippen molar-refractivity contribution in [3.05, 3.63) is 29.3 Å². The Balaban J connectivity index is 2.09. The Morgan fingerprint density at radius 1 is 1.37 bits per heavy atom. The van der Waals surface area contributed by atoms with Crippen LogP contribution in [0.1, 0.15) is 49.5 Å². The molecule has 2 rings (SSSR count). The van der Waals surface area contributed by atoms with E-state index in [4.69, 9.17) is 4.74 Å². The molecule has 1 aromatic carbocycles. The fourth-order valence-corrected chi connectivity index (χ4v) is 2.11. The minimum Gasteiger partial charge on any atom is -0.491 e. The number of benzene rings is 1. The zero-order chi connectivity index (χ0) is 14.0. The first kappa shape index (κ1) is 14.1. The van der Waals surface area contributed by atoms with Crippen LogP contribution in [0.15, 0.2) is 18.2 Å². The standard InChI is InChI=1S/C16H22O3/c1-11(2)16(3,18)10-19-13-7-8-14-12(9-13)5-4-6-15(14)17/h7-9,11,18H,4-6,10H2,1-3H3. The molecule has 0 fully saturated rings. The van der Waals surface area contributed by atoms with Gasteiger partial charge in [0.25, 0.3) is 0 Å². The summed E-state index contributed by atoms with van der Waals surface area (Å²) in [4.78, 5) is 11.7. The van der Waals surface area contributed by atoms with E-state index in [1.54, 1.807) is 6.92 Å². The van der Waals surface area contributed by atoms with Crippen molar-refractivity contribution in [1.29, 1.82) is 0 Å². The molecule has 1 N–H and O–H groups in total. The summed E-state index contributed by atoms with van der Waals surface area (Å²) in [6, 6.07) is 5.59. The number of hydrogen-bond donors (Lipinski definition) is 1. The van der Waals surface area contributed by atoms with Crippen LogP contribution in [0, 0.1) is 5.92 Å². The smallest absolute Gasteiger partial charge is 0.163 e. The van der Waals surface area contributed by atoms with E-state index in [9.17, 15) is 9.90 Å². The third-order valence-corrected chi connectivity index (χ3v) is 4.00. The number of aryl methyl sites for hydroxylation is 1. The highest BCUT2D eigenvalue weighted by molar-refractivity contribution is 5.98. The fraction of sp³-hybridized carbons (Fsp3) is 0.562. The second kappa shape index (κ2) is 5.33. The number of ether oxygens (including phenoxy) is 1. The van der Waals surface area contributed by atoms with Gasteiger partial charge in [-0.2, -0.15) is 0 Å². The van der Waals surface area contributed by atoms with Crippen molar-refractivity contribution in [2.24, 2.45) is 5.92 Å². The third-order valence-electron chi connectivity index (χ3n) is 4.00. The number of Topliss-reactive ketones (excluding diaryl/α,β-unsaturated/α-hetero) is 1. The maximum Gasteiger partial charge on any atom is 0.163 e. The highest BCUT2D eigenvalue weighted by Crippen LogP contribution is 2.26. The number of ketones is 1. The normalized spacial score (nSPS) is 18.1. The van der Waals surface area contributed by atoms with Gasteiger partial charge < -0.3 is 9.84 Å². The lowest BCUT2D eigenvalue weighted by molar-refractivity contribution is -0.0266. The molecule has 0 heterocycles. The lowest BCUT2D eigenvalue weighted by Gasteiger charge is -2.27. The minimum atomic E-state index is -0.842. The molecule has 1 aliphatic rings. The lowest BCUT2D eigenvalue weighted by Crippen LogP contribution is -2.37. The Bertz CT molecular complexity index is 475. The Morgan fingerprint density at radius 3 is 2.79 bits per heavy atom. The van der Waals surface area contributed by atoms with E-state index in [-0.39, 0.29) is 18.3 Å². The van der Waals surface area contributed by atoms with E-state index in [1.165, 1.54) is 0 Å². The van der Waals surface area contributed by atoms with E-state index in [1.807, 2.05) is 32.0 Å². The lowest BCUT2D eigenvalue weighted by atomic mass is 9.90. The SMILES string of the molecule is CC(C)C(C)(O)COc1ccc2c(c1)CCCC2=O. The van der Waals surface area contributed by atoms with Gasteiger partial charge in [-0.05, 0) is 49.4 Å². The fourth-order valence-electron chi connectivity index (χ4n) is 2.11. The first-order valence-corrected chi connectivity index (χ1v) is 6.91. The Labute approximate surface area is 114 Å². The van der Waals surface area contributed by atoms with Crippen LogP contribution >= 0.6 is 0 Å². The molecule has 0 bridgehead atoms. The molecule has 1 unspecified atom stereocenters. The number of rotatable bonds is 4. The summed E-state index contributed by atoms with van der Waals surface area (Å²) in [5.41, 5.74) is 1.05. The van der Waals surface area contributed by atoms with Gasteiger partial charge in [0.2, 0.25) is 0 Å². The van der Waals surface area contributed by atoms with Gasteiger partial charge in [0.1, 0.15) is 12.4 Å². The highest BCUT2D eigenvalue weighted by atomic mass is 16.5. The second-order valence-electron chi connectivity index (χ2n) is 5.90. The van der Waals surface area contributed by atoms with Crippen molar-refractivity contribution in [3.63, 3.8) is 0 Å². The Hall–Kier alpha value is -1.35. The molecule has 0 aliphatic heterocycles. The van der Waals surface area contributed by atoms with Crippen molar-refractivity contribution >= 4 is 5.78 Å². The van der Waals surface area contributed by atoms with Gasteiger partial charge in [0.15, 0.2) is 5.78 Å². The zero-order valence-electron chi connectivity index (χ0n) is 11.9. The van der Waals surface area contributed by atoms with Crippen LogP contribution in [0.5, 0.6) is 5.75 Å². The molecule has 0 radical (unpaired) electrons. The summed E-state index contributed by atoms with van der Waals surface area (Å²) >= 11 is 0. The molecule has 1 aromatic rings. The number of carbonyl (C=O) groups excluding carboxylic acids is 1. The summed E-state index contributed by atoms with van der Waals surface area (Å²) in [6.07, 6.45) is 2.49. The summed E-state index contributed by atoms with van der Waals surface area (Å²) in [5.74, 6) is 1.09. The molecular formula is C16H22O3. The molecule has 0 aromatic heterocycles. The molecule has 1 aliphatic carbocycles. The quantitative estimate of drug-likeness (QED) is 0.907. The van der Waals surface area contributed by atoms with Crippen molar-refractivity contribution in [2.75, 3.05) is 6.61 Å². The predicted octanol–water partition coefficient (Wildman–Crippen LogP) is 2.99. The maximum absolute atomic E-state index is 11.7. The largest absolute Gasteiger partial charge is 0.491 e. The van der Waals surface area contributed by atoms with Crippen LogP contribution < -0.4 is 4.74 Å². The molecule has 0 saturated heterocycles. The summed E-state index contributed by atoms with van der Waals surface area (Å²) in [6.45, 7) is 5.97. The van der Waals surface area contributed by atoms with Crippen LogP contribution in [0.4, 0.5) is 0 Å². The van der Waals surface area contributed by atoms with Crippen molar-refractivity contribution in [3.8, 4) is 5.75 Å². The van der Waals surface area contributed by atoms with Crippen molar-refractivity contribution in [2.45, 2.75) is 45.6 Å². The Kier molecular flexibility index (Phi) is 3.95. The summed E-state index contributed by atoms with van der Waals surface area (Å²) in [7, 11) is 0. The second-order valence-corrected chi connectivity index (χ2v) is 5.90. The van der Waals surface area contributed by atoms with Gasteiger partial charge in [-0.25, -0.2) is 0 Å². The monoisotopic (exact) mass is 262 g/mol. The first-order chi connectivity index (χ1) is 8.90. The van der Waals surface area contributed by atoms with E-state index in [2.05, 4.69) is 0 Å². The number of hydrogen-bond acceptors (Lipinski definition) is 3. The molecule has 0 saturated carbocycles. The molecule has 0 amide bonds. The minimum absolute atomic E-state index is 0.131. The zero-order valence-corrected chi connectivity index (χ0v) is 11.9. The van der Waals surface area contributed by atoms with Gasteiger partial charge in [-0.1, -0.05) is 13.8 Å². The number of carbonyl (C=O) groups is 1. The third kappa shape index (κ3) is 3.16. The van der Waals surface area contributed by atoms with E-state index < -0.39 is 5.60 Å². The van der Waals surface area contributed by atoms with E-state index >= 15 is 0 Å². The molecule has 1 atom stereocenters. The van der Waals surface area contributed by atoms with Gasteiger partial charge >= 0.3 is 0 Å². The molecule has 3 heteroatoms. The molecule has 19 heavy (non-hydrogen) atoms. The van der Waals surface area contributed by atoms with Crippen LogP contribution in [0.25, 0.3) is 0 Å². The Morgan fingerprint density at radius 2 is 2.11 bits per heavy atom. The van der Waals surface area contributed by atoms with Gasteiger partial charge in [0.05, 0.1) is 5.60 Å². The average molecular weight is 262 g/mol. The van der Waals surface area contributed by atoms with E-state index in [0.717, 1.165) is 29.7 Å². The molecular weight excluding hydrogens is 240 g/mol. The molecule has 104 valence electrons. The van der Waals surface area contributed by atoms with Gasteiger partial charge in [-0.3, -0.25) is 4.79 Å². The predicted molar refractivity (Wildman–Crippen MR) is 74.7 cm³/mol. The van der Waals surface area contributed by atoms with Crippen LogP contribution in [0.3, 0.4) is 0 Å². The number of fused-ring (bicyclic) bond motifs is 1. The summed E-state index contributed by atoms with van der Waals surface area (Å²) < 4.78 is 5.67. The molecule has 3 nitrogen and oxygen atoms in total.